The lowest BCUT2D eigenvalue weighted by molar-refractivity contribution is -0.119. The van der Waals surface area contributed by atoms with Crippen LogP contribution in [0.4, 0.5) is 0 Å². The number of hydrogen-bond donors (Lipinski definition) is 1. The number of benzene rings is 2. The van der Waals surface area contributed by atoms with E-state index in [2.05, 4.69) is 15.5 Å². The Kier molecular flexibility index (Phi) is 5.35. The van der Waals surface area contributed by atoms with Crippen LogP contribution in [-0.2, 0) is 4.79 Å². The first-order valence-corrected chi connectivity index (χ1v) is 11.1. The summed E-state index contributed by atoms with van der Waals surface area (Å²) in [5, 5.41) is 12.8. The maximum absolute atomic E-state index is 13.4. The van der Waals surface area contributed by atoms with Crippen molar-refractivity contribution in [1.82, 2.24) is 24.5 Å². The molecule has 4 aromatic rings. The number of hydrogen-bond acceptors (Lipinski definition) is 5. The topological polar surface area (TPSA) is 81.3 Å². The van der Waals surface area contributed by atoms with Crippen molar-refractivity contribution in [3.8, 4) is 5.69 Å². The largest absolute Gasteiger partial charge is 0.351 e. The minimum Gasteiger partial charge on any atom is -0.351 e. The molecule has 4 rings (SSSR count). The van der Waals surface area contributed by atoms with Crippen molar-refractivity contribution >= 4 is 34.3 Å². The Morgan fingerprint density at radius 3 is 2.55 bits per heavy atom. The minimum atomic E-state index is -0.305. The number of carbonyl (C=O) groups excluding carboxylic acids is 1. The van der Waals surface area contributed by atoms with E-state index in [0.717, 1.165) is 16.8 Å². The Morgan fingerprint density at radius 2 is 1.81 bits per heavy atom. The fraction of sp³-hybridized carbons (Fsp3) is 0.304. The van der Waals surface area contributed by atoms with Crippen LogP contribution in [-0.4, -0.2) is 36.4 Å². The molecule has 0 saturated carbocycles. The number of nitrogens with zero attached hydrogens (tertiary/aromatic N) is 4. The quantitative estimate of drug-likeness (QED) is 0.495. The molecule has 1 N–H and O–H groups in total. The van der Waals surface area contributed by atoms with Gasteiger partial charge in [0.15, 0.2) is 5.16 Å². The zero-order chi connectivity index (χ0) is 22.3. The predicted octanol–water partition coefficient (Wildman–Crippen LogP) is 3.66. The molecule has 160 valence electrons. The van der Waals surface area contributed by atoms with Crippen LogP contribution in [0.2, 0.25) is 0 Å². The van der Waals surface area contributed by atoms with Gasteiger partial charge in [0.1, 0.15) is 0 Å². The van der Waals surface area contributed by atoms with Gasteiger partial charge in [-0.25, -0.2) is 4.57 Å². The van der Waals surface area contributed by atoms with Crippen molar-refractivity contribution in [3.05, 3.63) is 63.9 Å². The molecule has 2 aromatic carbocycles. The van der Waals surface area contributed by atoms with Gasteiger partial charge < -0.3 is 5.32 Å². The molecular weight excluding hydrogens is 410 g/mol. The molecule has 0 bridgehead atoms. The second kappa shape index (κ2) is 7.85. The molecule has 0 radical (unpaired) electrons. The lowest BCUT2D eigenvalue weighted by Crippen LogP contribution is -2.41. The summed E-state index contributed by atoms with van der Waals surface area (Å²) < 4.78 is 3.46. The molecule has 0 fully saturated rings. The molecule has 0 unspecified atom stereocenters. The fourth-order valence-electron chi connectivity index (χ4n) is 3.55. The van der Waals surface area contributed by atoms with Gasteiger partial charge in [-0.3, -0.25) is 14.0 Å². The highest BCUT2D eigenvalue weighted by Crippen LogP contribution is 2.25. The van der Waals surface area contributed by atoms with E-state index in [1.165, 1.54) is 11.8 Å². The Balaban J connectivity index is 1.91. The molecule has 0 aliphatic heterocycles. The van der Waals surface area contributed by atoms with Gasteiger partial charge in [-0.05, 0) is 63.9 Å². The van der Waals surface area contributed by atoms with E-state index in [0.29, 0.717) is 21.8 Å². The second-order valence-corrected chi connectivity index (χ2v) is 9.52. The van der Waals surface area contributed by atoms with E-state index in [9.17, 15) is 9.59 Å². The molecule has 31 heavy (non-hydrogen) atoms. The minimum absolute atomic E-state index is 0.0820. The lowest BCUT2D eigenvalue weighted by Gasteiger charge is -2.20. The predicted molar refractivity (Wildman–Crippen MR) is 124 cm³/mol. The SMILES string of the molecule is Cc1cccc(-n2c(=O)c3ccccc3n3c(SCC(=O)NC(C)(C)C)nnc23)c1C. The van der Waals surface area contributed by atoms with Gasteiger partial charge in [0.25, 0.3) is 5.56 Å². The van der Waals surface area contributed by atoms with E-state index in [4.69, 9.17) is 0 Å². The van der Waals surface area contributed by atoms with Crippen molar-refractivity contribution in [1.29, 1.82) is 0 Å². The summed E-state index contributed by atoms with van der Waals surface area (Å²) in [5.74, 6) is 0.548. The standard InChI is InChI=1S/C23H25N5O2S/c1-14-9-8-12-17(15(14)2)27-20(30)16-10-6-7-11-18(16)28-21(27)25-26-22(28)31-13-19(29)24-23(3,4)5/h6-12H,13H2,1-5H3,(H,24,29). The summed E-state index contributed by atoms with van der Waals surface area (Å²) in [5.41, 5.74) is 3.13. The summed E-state index contributed by atoms with van der Waals surface area (Å²) in [6, 6.07) is 13.3. The summed E-state index contributed by atoms with van der Waals surface area (Å²) in [7, 11) is 0. The van der Waals surface area contributed by atoms with Crippen molar-refractivity contribution in [2.75, 3.05) is 5.75 Å². The van der Waals surface area contributed by atoms with E-state index >= 15 is 0 Å². The lowest BCUT2D eigenvalue weighted by atomic mass is 10.1. The molecule has 2 aromatic heterocycles. The number of rotatable bonds is 4. The first-order chi connectivity index (χ1) is 14.7. The van der Waals surface area contributed by atoms with Gasteiger partial charge in [0.05, 0.1) is 22.3 Å². The number of aryl methyl sites for hydroxylation is 1. The van der Waals surface area contributed by atoms with Crippen LogP contribution in [0.3, 0.4) is 0 Å². The third-order valence-corrected chi connectivity index (χ3v) is 5.99. The van der Waals surface area contributed by atoms with Gasteiger partial charge in [-0.1, -0.05) is 36.0 Å². The van der Waals surface area contributed by atoms with Crippen LogP contribution in [0, 0.1) is 13.8 Å². The average molecular weight is 436 g/mol. The maximum atomic E-state index is 13.4. The van der Waals surface area contributed by atoms with Gasteiger partial charge in [-0.15, -0.1) is 10.2 Å². The Morgan fingerprint density at radius 1 is 1.06 bits per heavy atom. The smallest absolute Gasteiger partial charge is 0.267 e. The third kappa shape index (κ3) is 3.95. The van der Waals surface area contributed by atoms with Crippen molar-refractivity contribution in [2.24, 2.45) is 0 Å². The molecule has 0 spiro atoms. The van der Waals surface area contributed by atoms with Crippen LogP contribution in [0.25, 0.3) is 22.4 Å². The monoisotopic (exact) mass is 435 g/mol. The maximum Gasteiger partial charge on any atom is 0.267 e. The third-order valence-electron chi connectivity index (χ3n) is 5.06. The van der Waals surface area contributed by atoms with Crippen molar-refractivity contribution in [3.63, 3.8) is 0 Å². The Labute approximate surface area is 184 Å². The zero-order valence-electron chi connectivity index (χ0n) is 18.3. The van der Waals surface area contributed by atoms with E-state index in [1.54, 1.807) is 10.6 Å². The summed E-state index contributed by atoms with van der Waals surface area (Å²) in [6.07, 6.45) is 0. The van der Waals surface area contributed by atoms with Crippen molar-refractivity contribution < 1.29 is 4.79 Å². The molecule has 0 atom stereocenters. The molecular formula is C23H25N5O2S. The van der Waals surface area contributed by atoms with E-state index in [-0.39, 0.29) is 22.8 Å². The van der Waals surface area contributed by atoms with Crippen LogP contribution in [0.1, 0.15) is 31.9 Å². The number of fused-ring (bicyclic) bond motifs is 3. The zero-order valence-corrected chi connectivity index (χ0v) is 19.1. The molecule has 8 heteroatoms. The van der Waals surface area contributed by atoms with Gasteiger partial charge >= 0.3 is 0 Å². The summed E-state index contributed by atoms with van der Waals surface area (Å²) in [6.45, 7) is 9.84. The first kappa shape index (κ1) is 21.1. The molecule has 2 heterocycles. The fourth-order valence-corrected chi connectivity index (χ4v) is 4.29. The highest BCUT2D eigenvalue weighted by atomic mass is 32.2. The van der Waals surface area contributed by atoms with E-state index < -0.39 is 0 Å². The van der Waals surface area contributed by atoms with Crippen LogP contribution < -0.4 is 10.9 Å². The normalized spacial score (nSPS) is 11.9. The Bertz CT molecular complexity index is 1360. The van der Waals surface area contributed by atoms with Crippen molar-refractivity contribution in [2.45, 2.75) is 45.3 Å². The molecule has 0 aliphatic carbocycles. The summed E-state index contributed by atoms with van der Waals surface area (Å²) >= 11 is 1.30. The number of amides is 1. The number of para-hydroxylation sites is 1. The molecule has 7 nitrogen and oxygen atoms in total. The Hall–Kier alpha value is -3.13. The van der Waals surface area contributed by atoms with Gasteiger partial charge in [0.2, 0.25) is 11.7 Å². The number of carbonyl (C=O) groups is 1. The number of thioether (sulfide) groups is 1. The average Bonchev–Trinajstić information content (AvgIpc) is 3.12. The second-order valence-electron chi connectivity index (χ2n) is 8.58. The van der Waals surface area contributed by atoms with Crippen LogP contribution >= 0.6 is 11.8 Å². The molecule has 0 saturated heterocycles. The van der Waals surface area contributed by atoms with E-state index in [1.807, 2.05) is 75.4 Å². The summed E-state index contributed by atoms with van der Waals surface area (Å²) in [4.78, 5) is 25.8. The number of aromatic nitrogens is 4. The van der Waals surface area contributed by atoms with Crippen LogP contribution in [0.15, 0.2) is 52.4 Å². The van der Waals surface area contributed by atoms with Gasteiger partial charge in [-0.2, -0.15) is 0 Å². The highest BCUT2D eigenvalue weighted by Gasteiger charge is 2.20. The molecule has 1 amide bonds. The number of nitrogens with one attached hydrogen (secondary N) is 1. The van der Waals surface area contributed by atoms with Crippen LogP contribution in [0.5, 0.6) is 0 Å². The molecule has 0 aliphatic rings. The highest BCUT2D eigenvalue weighted by molar-refractivity contribution is 7.99. The first-order valence-electron chi connectivity index (χ1n) is 10.1. The van der Waals surface area contributed by atoms with Gasteiger partial charge in [0, 0.05) is 5.54 Å².